The summed E-state index contributed by atoms with van der Waals surface area (Å²) in [6, 6.07) is 0.478. The van der Waals surface area contributed by atoms with E-state index in [9.17, 15) is 4.79 Å². The lowest BCUT2D eigenvalue weighted by Crippen LogP contribution is -2.56. The topological polar surface area (TPSA) is 60.4 Å². The lowest BCUT2D eigenvalue weighted by Gasteiger charge is -2.39. The standard InChI is InChI=1S/C17H33N5O2/c1-5-24-16(23)14-7-6-8-22(12-14)17(18-2)19-11-15-13-20(3)9-10-21(15)4/h14-15H,5-13H2,1-4H3,(H,18,19)/t14-,15?/m1/s1. The molecule has 0 saturated carbocycles. The molecule has 138 valence electrons. The van der Waals surface area contributed by atoms with Crippen molar-refractivity contribution in [3.8, 4) is 0 Å². The Hall–Kier alpha value is -1.34. The first kappa shape index (κ1) is 19.0. The zero-order valence-electron chi connectivity index (χ0n) is 15.6. The molecule has 0 aliphatic carbocycles. The molecule has 0 aromatic rings. The number of esters is 1. The van der Waals surface area contributed by atoms with E-state index in [0.717, 1.165) is 51.5 Å². The minimum absolute atomic E-state index is 0.0410. The molecule has 2 heterocycles. The van der Waals surface area contributed by atoms with E-state index in [-0.39, 0.29) is 11.9 Å². The largest absolute Gasteiger partial charge is 0.466 e. The van der Waals surface area contributed by atoms with Gasteiger partial charge in [0.15, 0.2) is 5.96 Å². The number of rotatable bonds is 4. The van der Waals surface area contributed by atoms with Crippen LogP contribution in [0.1, 0.15) is 19.8 Å². The average Bonchev–Trinajstić information content (AvgIpc) is 2.59. The van der Waals surface area contributed by atoms with Gasteiger partial charge in [0.1, 0.15) is 0 Å². The van der Waals surface area contributed by atoms with Crippen LogP contribution in [0.3, 0.4) is 0 Å². The van der Waals surface area contributed by atoms with E-state index in [1.54, 1.807) is 0 Å². The van der Waals surface area contributed by atoms with Gasteiger partial charge in [0, 0.05) is 52.4 Å². The molecule has 2 saturated heterocycles. The number of likely N-dealkylation sites (N-methyl/N-ethyl adjacent to an activating group) is 2. The molecular formula is C17H33N5O2. The number of guanidine groups is 1. The summed E-state index contributed by atoms with van der Waals surface area (Å²) in [5, 5.41) is 3.51. The quantitative estimate of drug-likeness (QED) is 0.445. The van der Waals surface area contributed by atoms with Crippen molar-refractivity contribution < 1.29 is 9.53 Å². The van der Waals surface area contributed by atoms with E-state index < -0.39 is 0 Å². The third-order valence-electron chi connectivity index (χ3n) is 5.03. The Morgan fingerprint density at radius 1 is 1.25 bits per heavy atom. The predicted molar refractivity (Wildman–Crippen MR) is 96.2 cm³/mol. The van der Waals surface area contributed by atoms with Crippen LogP contribution in [0.5, 0.6) is 0 Å². The highest BCUT2D eigenvalue weighted by Crippen LogP contribution is 2.18. The van der Waals surface area contributed by atoms with Crippen molar-refractivity contribution in [2.75, 3.05) is 67.0 Å². The third-order valence-corrected chi connectivity index (χ3v) is 5.03. The molecule has 0 spiro atoms. The fourth-order valence-corrected chi connectivity index (χ4v) is 3.49. The van der Waals surface area contributed by atoms with Gasteiger partial charge in [0.2, 0.25) is 0 Å². The van der Waals surface area contributed by atoms with Crippen LogP contribution in [-0.4, -0.2) is 99.7 Å². The number of carbonyl (C=O) groups excluding carboxylic acids is 1. The maximum Gasteiger partial charge on any atom is 0.310 e. The van der Waals surface area contributed by atoms with Crippen LogP contribution in [0.4, 0.5) is 0 Å². The monoisotopic (exact) mass is 339 g/mol. The fourth-order valence-electron chi connectivity index (χ4n) is 3.49. The SMILES string of the molecule is CCOC(=O)[C@@H]1CCCN(C(=NC)NCC2CN(C)CCN2C)C1. The molecule has 0 aromatic heterocycles. The van der Waals surface area contributed by atoms with Gasteiger partial charge in [-0.3, -0.25) is 14.7 Å². The highest BCUT2D eigenvalue weighted by molar-refractivity contribution is 5.81. The van der Waals surface area contributed by atoms with Crippen LogP contribution < -0.4 is 5.32 Å². The Bertz CT molecular complexity index is 443. The van der Waals surface area contributed by atoms with Crippen molar-refractivity contribution in [2.45, 2.75) is 25.8 Å². The Kier molecular flexibility index (Phi) is 7.30. The normalized spacial score (nSPS) is 27.2. The number of nitrogens with zero attached hydrogens (tertiary/aromatic N) is 4. The van der Waals surface area contributed by atoms with Gasteiger partial charge >= 0.3 is 5.97 Å². The molecule has 2 rings (SSSR count). The number of hydrogen-bond donors (Lipinski definition) is 1. The average molecular weight is 339 g/mol. The molecule has 1 N–H and O–H groups in total. The smallest absolute Gasteiger partial charge is 0.310 e. The first-order valence-electron chi connectivity index (χ1n) is 9.06. The van der Waals surface area contributed by atoms with Crippen molar-refractivity contribution >= 4 is 11.9 Å². The second kappa shape index (κ2) is 9.22. The van der Waals surface area contributed by atoms with E-state index in [0.29, 0.717) is 19.2 Å². The van der Waals surface area contributed by atoms with Gasteiger partial charge in [-0.15, -0.1) is 0 Å². The summed E-state index contributed by atoms with van der Waals surface area (Å²) in [7, 11) is 6.16. The maximum absolute atomic E-state index is 12.0. The molecule has 0 aromatic carbocycles. The van der Waals surface area contributed by atoms with Gasteiger partial charge in [0.25, 0.3) is 0 Å². The lowest BCUT2D eigenvalue weighted by atomic mass is 9.98. The van der Waals surface area contributed by atoms with Crippen LogP contribution in [0, 0.1) is 5.92 Å². The zero-order valence-corrected chi connectivity index (χ0v) is 15.6. The number of carbonyl (C=O) groups is 1. The summed E-state index contributed by atoms with van der Waals surface area (Å²) < 4.78 is 5.19. The molecule has 7 nitrogen and oxygen atoms in total. The molecular weight excluding hydrogens is 306 g/mol. The zero-order chi connectivity index (χ0) is 17.5. The molecule has 2 atom stereocenters. The number of ether oxygens (including phenoxy) is 1. The van der Waals surface area contributed by atoms with Crippen LogP contribution in [0.15, 0.2) is 4.99 Å². The molecule has 2 fully saturated rings. The van der Waals surface area contributed by atoms with E-state index >= 15 is 0 Å². The summed E-state index contributed by atoms with van der Waals surface area (Å²) in [5.41, 5.74) is 0. The number of likely N-dealkylation sites (tertiary alicyclic amines) is 1. The fraction of sp³-hybridized carbons (Fsp3) is 0.882. The van der Waals surface area contributed by atoms with Crippen LogP contribution in [0.2, 0.25) is 0 Å². The third kappa shape index (κ3) is 5.08. The Balaban J connectivity index is 1.87. The minimum atomic E-state index is -0.0775. The number of piperidine rings is 1. The molecule has 0 bridgehead atoms. The van der Waals surface area contributed by atoms with Gasteiger partial charge in [-0.2, -0.15) is 0 Å². The van der Waals surface area contributed by atoms with Gasteiger partial charge in [-0.05, 0) is 33.9 Å². The Labute approximate surface area is 146 Å². The molecule has 2 aliphatic rings. The van der Waals surface area contributed by atoms with Crippen LogP contribution in [0.25, 0.3) is 0 Å². The van der Waals surface area contributed by atoms with Crippen LogP contribution in [-0.2, 0) is 9.53 Å². The maximum atomic E-state index is 12.0. The summed E-state index contributed by atoms with van der Waals surface area (Å²) in [6.07, 6.45) is 1.90. The van der Waals surface area contributed by atoms with Gasteiger partial charge in [0.05, 0.1) is 12.5 Å². The number of hydrogen-bond acceptors (Lipinski definition) is 5. The summed E-state index contributed by atoms with van der Waals surface area (Å²) >= 11 is 0. The minimum Gasteiger partial charge on any atom is -0.466 e. The second-order valence-corrected chi connectivity index (χ2v) is 6.86. The highest BCUT2D eigenvalue weighted by atomic mass is 16.5. The van der Waals surface area contributed by atoms with Gasteiger partial charge < -0.3 is 19.9 Å². The summed E-state index contributed by atoms with van der Waals surface area (Å²) in [6.45, 7) is 8.08. The lowest BCUT2D eigenvalue weighted by molar-refractivity contribution is -0.149. The first-order chi connectivity index (χ1) is 11.5. The molecule has 7 heteroatoms. The van der Waals surface area contributed by atoms with Crippen molar-refractivity contribution in [3.63, 3.8) is 0 Å². The number of aliphatic imine (C=N–C) groups is 1. The van der Waals surface area contributed by atoms with E-state index in [4.69, 9.17) is 4.74 Å². The molecule has 2 aliphatic heterocycles. The number of nitrogens with one attached hydrogen (secondary N) is 1. The van der Waals surface area contributed by atoms with E-state index in [1.165, 1.54) is 0 Å². The second-order valence-electron chi connectivity index (χ2n) is 6.86. The Morgan fingerprint density at radius 2 is 2.04 bits per heavy atom. The Morgan fingerprint density at radius 3 is 2.75 bits per heavy atom. The van der Waals surface area contributed by atoms with Crippen molar-refractivity contribution in [1.29, 1.82) is 0 Å². The summed E-state index contributed by atoms with van der Waals surface area (Å²) in [5.74, 6) is 0.776. The number of piperazine rings is 1. The molecule has 1 unspecified atom stereocenters. The summed E-state index contributed by atoms with van der Waals surface area (Å²) in [4.78, 5) is 23.4. The van der Waals surface area contributed by atoms with Crippen LogP contribution >= 0.6 is 0 Å². The highest BCUT2D eigenvalue weighted by Gasteiger charge is 2.29. The van der Waals surface area contributed by atoms with Crippen molar-refractivity contribution in [1.82, 2.24) is 20.0 Å². The van der Waals surface area contributed by atoms with Gasteiger partial charge in [-0.25, -0.2) is 0 Å². The molecule has 0 radical (unpaired) electrons. The molecule has 0 amide bonds. The first-order valence-corrected chi connectivity index (χ1v) is 9.06. The van der Waals surface area contributed by atoms with E-state index in [1.807, 2.05) is 14.0 Å². The predicted octanol–water partition coefficient (Wildman–Crippen LogP) is 0.0827. The van der Waals surface area contributed by atoms with Gasteiger partial charge in [-0.1, -0.05) is 0 Å². The van der Waals surface area contributed by atoms with Crippen molar-refractivity contribution in [3.05, 3.63) is 0 Å². The van der Waals surface area contributed by atoms with E-state index in [2.05, 4.69) is 39.1 Å². The van der Waals surface area contributed by atoms with Crippen molar-refractivity contribution in [2.24, 2.45) is 10.9 Å². The molecule has 24 heavy (non-hydrogen) atoms.